The molecular weight excluding hydrogens is 389 g/mol. The predicted molar refractivity (Wildman–Crippen MR) is 110 cm³/mol. The van der Waals surface area contributed by atoms with Crippen molar-refractivity contribution in [1.82, 2.24) is 0 Å². The molecule has 4 rings (SSSR count). The van der Waals surface area contributed by atoms with E-state index < -0.39 is 0 Å². The lowest BCUT2D eigenvalue weighted by molar-refractivity contribution is -0.117. The largest absolute Gasteiger partial charge is 0.318 e. The molecule has 26 heavy (non-hydrogen) atoms. The first-order valence-electron chi connectivity index (χ1n) is 8.24. The summed E-state index contributed by atoms with van der Waals surface area (Å²) in [5.41, 5.74) is 3.51. The summed E-state index contributed by atoms with van der Waals surface area (Å²) in [5, 5.41) is 1.99. The van der Waals surface area contributed by atoms with Crippen LogP contribution in [0.3, 0.4) is 0 Å². The van der Waals surface area contributed by atoms with Gasteiger partial charge in [0.2, 0.25) is 5.91 Å². The minimum absolute atomic E-state index is 0.0780. The molecule has 0 fully saturated rings. The second kappa shape index (κ2) is 7.43. The van der Waals surface area contributed by atoms with E-state index in [0.29, 0.717) is 29.6 Å². The molecule has 0 saturated heterocycles. The molecule has 2 aromatic rings. The third-order valence-electron chi connectivity index (χ3n) is 4.23. The maximum absolute atomic E-state index is 11.8. The molecule has 1 amide bonds. The fourth-order valence-electron chi connectivity index (χ4n) is 3.05. The van der Waals surface area contributed by atoms with E-state index in [1.54, 1.807) is 11.8 Å². The van der Waals surface area contributed by atoms with Crippen molar-refractivity contribution < 1.29 is 4.79 Å². The number of amidine groups is 1. The average molecular weight is 404 g/mol. The van der Waals surface area contributed by atoms with Crippen LogP contribution in [0.15, 0.2) is 52.4 Å². The molecule has 2 aliphatic heterocycles. The molecule has 2 heterocycles. The highest BCUT2D eigenvalue weighted by Crippen LogP contribution is 2.33. The van der Waals surface area contributed by atoms with Gasteiger partial charge in [0.05, 0.1) is 17.9 Å². The molecule has 0 saturated carbocycles. The summed E-state index contributed by atoms with van der Waals surface area (Å²) in [7, 11) is 0. The number of rotatable bonds is 1. The van der Waals surface area contributed by atoms with E-state index in [4.69, 9.17) is 28.2 Å². The van der Waals surface area contributed by atoms with E-state index in [2.05, 4.69) is 9.89 Å². The predicted octanol–water partition coefficient (Wildman–Crippen LogP) is 4.67. The molecule has 7 heteroatoms. The van der Waals surface area contributed by atoms with E-state index in [1.807, 2.05) is 42.5 Å². The van der Waals surface area contributed by atoms with Gasteiger partial charge < -0.3 is 4.90 Å². The molecule has 0 spiro atoms. The zero-order valence-electron chi connectivity index (χ0n) is 13.8. The Morgan fingerprint density at radius 2 is 1.92 bits per heavy atom. The topological polar surface area (TPSA) is 45.0 Å². The van der Waals surface area contributed by atoms with Crippen LogP contribution in [0.5, 0.6) is 0 Å². The van der Waals surface area contributed by atoms with Crippen LogP contribution in [-0.2, 0) is 4.79 Å². The van der Waals surface area contributed by atoms with Crippen LogP contribution in [0.25, 0.3) is 0 Å². The Kier molecular flexibility index (Phi) is 5.02. The van der Waals surface area contributed by atoms with Gasteiger partial charge in [0, 0.05) is 39.9 Å². The van der Waals surface area contributed by atoms with E-state index in [-0.39, 0.29) is 5.91 Å². The molecule has 0 unspecified atom stereocenters. The average Bonchev–Trinajstić information content (AvgIpc) is 2.81. The molecule has 0 aromatic heterocycles. The summed E-state index contributed by atoms with van der Waals surface area (Å²) in [6, 6.07) is 13.3. The molecule has 2 aliphatic rings. The fourth-order valence-corrected chi connectivity index (χ4v) is 4.41. The van der Waals surface area contributed by atoms with Crippen LogP contribution in [0.1, 0.15) is 17.5 Å². The molecule has 0 aliphatic carbocycles. The molecule has 0 atom stereocenters. The maximum atomic E-state index is 11.8. The summed E-state index contributed by atoms with van der Waals surface area (Å²) < 4.78 is 0. The second-order valence-corrected chi connectivity index (χ2v) is 7.82. The maximum Gasteiger partial charge on any atom is 0.248 e. The quantitative estimate of drug-likeness (QED) is 0.694. The molecule has 4 nitrogen and oxygen atoms in total. The number of thioether (sulfide) groups is 1. The van der Waals surface area contributed by atoms with Gasteiger partial charge in [-0.05, 0) is 24.3 Å². The number of amides is 1. The van der Waals surface area contributed by atoms with Gasteiger partial charge in [0.15, 0.2) is 5.17 Å². The van der Waals surface area contributed by atoms with Crippen molar-refractivity contribution in [3.8, 4) is 0 Å². The van der Waals surface area contributed by atoms with Crippen LogP contribution >= 0.6 is 35.0 Å². The number of fused-ring (bicyclic) bond motifs is 1. The van der Waals surface area contributed by atoms with E-state index in [0.717, 1.165) is 33.4 Å². The highest BCUT2D eigenvalue weighted by Gasteiger charge is 2.26. The van der Waals surface area contributed by atoms with Gasteiger partial charge in [-0.2, -0.15) is 4.99 Å². The van der Waals surface area contributed by atoms with E-state index in [9.17, 15) is 4.79 Å². The zero-order valence-corrected chi connectivity index (χ0v) is 16.1. The number of carbonyl (C=O) groups is 1. The third-order valence-corrected chi connectivity index (χ3v) is 5.77. The van der Waals surface area contributed by atoms with Crippen LogP contribution in [0, 0.1) is 0 Å². The first-order chi connectivity index (χ1) is 12.6. The molecule has 0 bridgehead atoms. The number of halogens is 2. The zero-order chi connectivity index (χ0) is 18.1. The minimum atomic E-state index is -0.0780. The second-order valence-electron chi connectivity index (χ2n) is 5.91. The van der Waals surface area contributed by atoms with Crippen LogP contribution in [0.2, 0.25) is 10.0 Å². The summed E-state index contributed by atoms with van der Waals surface area (Å²) in [5.74, 6) is 0.667. The van der Waals surface area contributed by atoms with Crippen LogP contribution < -0.4 is 4.90 Å². The number of nitrogens with zero attached hydrogens (tertiary/aromatic N) is 3. The molecule has 2 aromatic carbocycles. The first-order valence-corrected chi connectivity index (χ1v) is 9.99. The number of benzene rings is 2. The Labute approximate surface area is 165 Å². The lowest BCUT2D eigenvalue weighted by atomic mass is 10.00. The summed E-state index contributed by atoms with van der Waals surface area (Å²) >= 11 is 14.3. The molecule has 0 N–H and O–H groups in total. The van der Waals surface area contributed by atoms with Gasteiger partial charge in [0.1, 0.15) is 0 Å². The number of anilines is 1. The number of aliphatic imine (C=N–C) groups is 2. The molecular formula is C19H15Cl2N3OS. The monoisotopic (exact) mass is 403 g/mol. The SMILES string of the molecule is O=C1CCSC(N2CCN=C(c3ccccc3Cl)c3cc(Cl)ccc32)=N1. The smallest absolute Gasteiger partial charge is 0.248 e. The Bertz CT molecular complexity index is 942. The Morgan fingerprint density at radius 3 is 2.73 bits per heavy atom. The first kappa shape index (κ1) is 17.6. The Hall–Kier alpha value is -1.82. The summed E-state index contributed by atoms with van der Waals surface area (Å²) in [6.07, 6.45) is 0.483. The van der Waals surface area contributed by atoms with E-state index >= 15 is 0 Å². The van der Waals surface area contributed by atoms with Crippen molar-refractivity contribution in [3.63, 3.8) is 0 Å². The Balaban J connectivity index is 1.86. The van der Waals surface area contributed by atoms with Crippen molar-refractivity contribution in [1.29, 1.82) is 0 Å². The van der Waals surface area contributed by atoms with Gasteiger partial charge in [-0.3, -0.25) is 9.79 Å². The van der Waals surface area contributed by atoms with Crippen LogP contribution in [0.4, 0.5) is 5.69 Å². The Morgan fingerprint density at radius 1 is 1.08 bits per heavy atom. The minimum Gasteiger partial charge on any atom is -0.318 e. The number of carbonyl (C=O) groups excluding carboxylic acids is 1. The molecule has 132 valence electrons. The van der Waals surface area contributed by atoms with Crippen molar-refractivity contribution in [3.05, 3.63) is 63.6 Å². The summed E-state index contributed by atoms with van der Waals surface area (Å²) in [4.78, 5) is 22.9. The van der Waals surface area contributed by atoms with Gasteiger partial charge in [-0.25, -0.2) is 0 Å². The normalized spacial score (nSPS) is 17.3. The number of hydrogen-bond donors (Lipinski definition) is 0. The lowest BCUT2D eigenvalue weighted by Crippen LogP contribution is -2.33. The van der Waals surface area contributed by atoms with Gasteiger partial charge in [0.25, 0.3) is 0 Å². The highest BCUT2D eigenvalue weighted by molar-refractivity contribution is 8.14. The van der Waals surface area contributed by atoms with Crippen molar-refractivity contribution >= 4 is 57.4 Å². The van der Waals surface area contributed by atoms with Crippen molar-refractivity contribution in [2.45, 2.75) is 6.42 Å². The fraction of sp³-hybridized carbons (Fsp3) is 0.211. The summed E-state index contributed by atoms with van der Waals surface area (Å²) in [6.45, 7) is 1.21. The highest BCUT2D eigenvalue weighted by atomic mass is 35.5. The van der Waals surface area contributed by atoms with Gasteiger partial charge >= 0.3 is 0 Å². The number of benzodiazepines with no additional fused rings is 1. The van der Waals surface area contributed by atoms with Crippen molar-refractivity contribution in [2.24, 2.45) is 9.98 Å². The third kappa shape index (κ3) is 3.39. The van der Waals surface area contributed by atoms with Gasteiger partial charge in [-0.15, -0.1) is 0 Å². The van der Waals surface area contributed by atoms with Crippen LogP contribution in [-0.4, -0.2) is 35.6 Å². The van der Waals surface area contributed by atoms with Gasteiger partial charge in [-0.1, -0.05) is 53.2 Å². The van der Waals surface area contributed by atoms with Crippen molar-refractivity contribution in [2.75, 3.05) is 23.7 Å². The number of hydrogen-bond acceptors (Lipinski definition) is 4. The standard InChI is InChI=1S/C19H15Cl2N3OS/c20-12-5-6-16-14(11-12)18(13-3-1-2-4-15(13)21)22-8-9-24(16)19-23-17(25)7-10-26-19/h1-6,11H,7-10H2. The molecule has 0 radical (unpaired) electrons. The lowest BCUT2D eigenvalue weighted by Gasteiger charge is -2.27. The van der Waals surface area contributed by atoms with E-state index in [1.165, 1.54) is 0 Å².